The fourth-order valence-electron chi connectivity index (χ4n) is 2.53. The number of aromatic nitrogens is 1. The number of rotatable bonds is 3. The highest BCUT2D eigenvalue weighted by Crippen LogP contribution is 2.21. The lowest BCUT2D eigenvalue weighted by atomic mass is 10.1. The summed E-state index contributed by atoms with van der Waals surface area (Å²) in [5.41, 5.74) is 3.16. The maximum atomic E-state index is 12.3. The molecule has 8 nitrogen and oxygen atoms in total. The fourth-order valence-corrected chi connectivity index (χ4v) is 3.56. The number of hydrogen-bond acceptors (Lipinski definition) is 5. The molecule has 1 amide bonds. The van der Waals surface area contributed by atoms with Gasteiger partial charge in [-0.3, -0.25) is 9.52 Å². The Bertz CT molecular complexity index is 1000. The Labute approximate surface area is 138 Å². The van der Waals surface area contributed by atoms with E-state index in [1.54, 1.807) is 39.0 Å². The molecule has 0 aliphatic carbocycles. The molecule has 126 valence electrons. The standard InChI is InChI=1S/C15H16N4O4S/c1-8-12(9(2)19-24(21,22)18-8)7-15(20)17-11-4-5-14-13(6-11)16-10(3)23-14/h4-6,18H,7H2,1-3H3,(H,17,20). The van der Waals surface area contributed by atoms with Crippen LogP contribution < -0.4 is 10.0 Å². The van der Waals surface area contributed by atoms with E-state index in [4.69, 9.17) is 4.42 Å². The van der Waals surface area contributed by atoms with E-state index in [1.165, 1.54) is 0 Å². The lowest BCUT2D eigenvalue weighted by molar-refractivity contribution is -0.115. The summed E-state index contributed by atoms with van der Waals surface area (Å²) in [6, 6.07) is 5.17. The van der Waals surface area contributed by atoms with Gasteiger partial charge in [0.1, 0.15) is 5.52 Å². The molecule has 1 aliphatic heterocycles. The molecular formula is C15H16N4O4S. The number of nitrogens with zero attached hydrogens (tertiary/aromatic N) is 2. The van der Waals surface area contributed by atoms with Crippen LogP contribution in [-0.2, 0) is 15.0 Å². The summed E-state index contributed by atoms with van der Waals surface area (Å²) in [7, 11) is -3.70. The van der Waals surface area contributed by atoms with Gasteiger partial charge in [-0.25, -0.2) is 4.98 Å². The Balaban J connectivity index is 1.76. The average Bonchev–Trinajstić information content (AvgIpc) is 2.81. The molecule has 0 fully saturated rings. The Hall–Kier alpha value is -2.68. The Morgan fingerprint density at radius 2 is 2.04 bits per heavy atom. The molecule has 0 unspecified atom stereocenters. The molecular weight excluding hydrogens is 332 g/mol. The summed E-state index contributed by atoms with van der Waals surface area (Å²) in [4.78, 5) is 16.5. The number of nitrogens with one attached hydrogen (secondary N) is 2. The third kappa shape index (κ3) is 3.30. The molecule has 1 aromatic carbocycles. The second-order valence-electron chi connectivity index (χ2n) is 5.50. The van der Waals surface area contributed by atoms with Crippen LogP contribution >= 0.6 is 0 Å². The van der Waals surface area contributed by atoms with Crippen molar-refractivity contribution >= 4 is 38.6 Å². The number of amides is 1. The van der Waals surface area contributed by atoms with Gasteiger partial charge in [-0.05, 0) is 32.0 Å². The maximum absolute atomic E-state index is 12.3. The Morgan fingerprint density at radius 1 is 1.29 bits per heavy atom. The molecule has 0 saturated carbocycles. The van der Waals surface area contributed by atoms with Crippen LogP contribution in [-0.4, -0.2) is 25.0 Å². The van der Waals surface area contributed by atoms with Crippen LogP contribution in [0, 0.1) is 6.92 Å². The largest absolute Gasteiger partial charge is 0.441 e. The van der Waals surface area contributed by atoms with Crippen molar-refractivity contribution in [1.82, 2.24) is 9.71 Å². The normalized spacial score (nSPS) is 16.7. The summed E-state index contributed by atoms with van der Waals surface area (Å²) in [5.74, 6) is 0.273. The first-order chi connectivity index (χ1) is 11.2. The molecule has 2 N–H and O–H groups in total. The molecule has 0 saturated heterocycles. The summed E-state index contributed by atoms with van der Waals surface area (Å²) < 4.78 is 34.2. The molecule has 0 radical (unpaired) electrons. The second-order valence-corrected chi connectivity index (χ2v) is 6.83. The smallest absolute Gasteiger partial charge is 0.342 e. The highest BCUT2D eigenvalue weighted by Gasteiger charge is 2.22. The van der Waals surface area contributed by atoms with E-state index in [1.807, 2.05) is 0 Å². The SMILES string of the molecule is CC1=NS(=O)(=O)NC(C)=C1CC(=O)Nc1ccc2oc(C)nc2c1. The predicted molar refractivity (Wildman–Crippen MR) is 89.9 cm³/mol. The van der Waals surface area contributed by atoms with Crippen molar-refractivity contribution < 1.29 is 17.6 Å². The van der Waals surface area contributed by atoms with Gasteiger partial charge in [-0.1, -0.05) is 0 Å². The van der Waals surface area contributed by atoms with Gasteiger partial charge in [0, 0.05) is 23.9 Å². The van der Waals surface area contributed by atoms with E-state index in [0.29, 0.717) is 39.7 Å². The third-order valence-electron chi connectivity index (χ3n) is 3.54. The number of benzene rings is 1. The molecule has 2 heterocycles. The molecule has 0 bridgehead atoms. The number of anilines is 1. The first-order valence-corrected chi connectivity index (χ1v) is 8.64. The summed E-state index contributed by atoms with van der Waals surface area (Å²) in [6.45, 7) is 4.91. The number of aryl methyl sites for hydroxylation is 1. The lowest BCUT2D eigenvalue weighted by Crippen LogP contribution is -2.29. The molecule has 0 spiro atoms. The van der Waals surface area contributed by atoms with Gasteiger partial charge in [-0.2, -0.15) is 8.42 Å². The van der Waals surface area contributed by atoms with Gasteiger partial charge >= 0.3 is 10.2 Å². The molecule has 9 heteroatoms. The summed E-state index contributed by atoms with van der Waals surface area (Å²) in [5, 5.41) is 2.77. The van der Waals surface area contributed by atoms with Gasteiger partial charge in [0.25, 0.3) is 0 Å². The highest BCUT2D eigenvalue weighted by molar-refractivity contribution is 7.88. The topological polar surface area (TPSA) is 114 Å². The van der Waals surface area contributed by atoms with Gasteiger partial charge in [-0.15, -0.1) is 4.40 Å². The second kappa shape index (κ2) is 5.75. The molecule has 3 rings (SSSR count). The quantitative estimate of drug-likeness (QED) is 0.881. The van der Waals surface area contributed by atoms with Crippen LogP contribution in [0.1, 0.15) is 26.2 Å². The highest BCUT2D eigenvalue weighted by atomic mass is 32.2. The molecule has 0 atom stereocenters. The van der Waals surface area contributed by atoms with Crippen molar-refractivity contribution in [2.45, 2.75) is 27.2 Å². The van der Waals surface area contributed by atoms with Crippen molar-refractivity contribution in [2.24, 2.45) is 4.40 Å². The lowest BCUT2D eigenvalue weighted by Gasteiger charge is -2.17. The van der Waals surface area contributed by atoms with Crippen molar-refractivity contribution in [3.8, 4) is 0 Å². The summed E-state index contributed by atoms with van der Waals surface area (Å²) >= 11 is 0. The molecule has 2 aromatic rings. The number of hydrogen-bond donors (Lipinski definition) is 2. The Morgan fingerprint density at radius 3 is 2.75 bits per heavy atom. The van der Waals surface area contributed by atoms with Crippen molar-refractivity contribution in [2.75, 3.05) is 5.32 Å². The first-order valence-electron chi connectivity index (χ1n) is 7.20. The monoisotopic (exact) mass is 348 g/mol. The fraction of sp³-hybridized carbons (Fsp3) is 0.267. The van der Waals surface area contributed by atoms with Crippen molar-refractivity contribution in [3.63, 3.8) is 0 Å². The zero-order valence-corrected chi connectivity index (χ0v) is 14.2. The minimum Gasteiger partial charge on any atom is -0.441 e. The van der Waals surface area contributed by atoms with E-state index in [0.717, 1.165) is 0 Å². The first kappa shape index (κ1) is 16.2. The van der Waals surface area contributed by atoms with Gasteiger partial charge in [0.2, 0.25) is 5.91 Å². The van der Waals surface area contributed by atoms with Crippen LogP contribution in [0.15, 0.2) is 38.3 Å². The molecule has 1 aromatic heterocycles. The molecule has 24 heavy (non-hydrogen) atoms. The number of fused-ring (bicyclic) bond motifs is 1. The number of oxazole rings is 1. The van der Waals surface area contributed by atoms with Crippen LogP contribution in [0.2, 0.25) is 0 Å². The number of allylic oxidation sites excluding steroid dienone is 1. The van der Waals surface area contributed by atoms with Gasteiger partial charge < -0.3 is 9.73 Å². The van der Waals surface area contributed by atoms with Gasteiger partial charge in [0.05, 0.1) is 12.1 Å². The predicted octanol–water partition coefficient (Wildman–Crippen LogP) is 2.05. The van der Waals surface area contributed by atoms with E-state index in [2.05, 4.69) is 19.4 Å². The minimum atomic E-state index is -3.70. The van der Waals surface area contributed by atoms with Crippen LogP contribution in [0.5, 0.6) is 0 Å². The van der Waals surface area contributed by atoms with Crippen molar-refractivity contribution in [1.29, 1.82) is 0 Å². The summed E-state index contributed by atoms with van der Waals surface area (Å²) in [6.07, 6.45) is 0.0135. The van der Waals surface area contributed by atoms with E-state index in [-0.39, 0.29) is 12.3 Å². The van der Waals surface area contributed by atoms with Crippen LogP contribution in [0.4, 0.5) is 5.69 Å². The third-order valence-corrected chi connectivity index (χ3v) is 4.62. The van der Waals surface area contributed by atoms with E-state index in [9.17, 15) is 13.2 Å². The zero-order chi connectivity index (χ0) is 17.5. The van der Waals surface area contributed by atoms with Crippen molar-refractivity contribution in [3.05, 3.63) is 35.4 Å². The van der Waals surface area contributed by atoms with Crippen LogP contribution in [0.3, 0.4) is 0 Å². The van der Waals surface area contributed by atoms with E-state index >= 15 is 0 Å². The van der Waals surface area contributed by atoms with Gasteiger partial charge in [0.15, 0.2) is 11.5 Å². The molecule has 1 aliphatic rings. The average molecular weight is 348 g/mol. The Kier molecular flexibility index (Phi) is 3.88. The minimum absolute atomic E-state index is 0.0135. The van der Waals surface area contributed by atoms with Crippen LogP contribution in [0.25, 0.3) is 11.1 Å². The maximum Gasteiger partial charge on any atom is 0.342 e. The number of carbonyl (C=O) groups is 1. The number of carbonyl (C=O) groups excluding carboxylic acids is 1. The zero-order valence-electron chi connectivity index (χ0n) is 13.4. The van der Waals surface area contributed by atoms with E-state index < -0.39 is 10.2 Å².